The number of aryl methyl sites for hydroxylation is 1. The van der Waals surface area contributed by atoms with Crippen LogP contribution in [-0.4, -0.2) is 39.6 Å². The summed E-state index contributed by atoms with van der Waals surface area (Å²) in [6.07, 6.45) is 4.05. The monoisotopic (exact) mass is 511 g/mol. The first kappa shape index (κ1) is 24.0. The molecule has 9 nitrogen and oxygen atoms in total. The van der Waals surface area contributed by atoms with Crippen molar-refractivity contribution in [1.82, 2.24) is 20.3 Å². The molecule has 3 aromatic carbocycles. The summed E-state index contributed by atoms with van der Waals surface area (Å²) in [6, 6.07) is 19.7. The number of carbonyl (C=O) groups excluding carboxylic acids is 2. The van der Waals surface area contributed by atoms with E-state index in [1.165, 1.54) is 0 Å². The van der Waals surface area contributed by atoms with Crippen molar-refractivity contribution in [1.29, 1.82) is 0 Å². The van der Waals surface area contributed by atoms with Gasteiger partial charge in [0.05, 0.1) is 5.52 Å². The average Bonchev–Trinajstić information content (AvgIpc) is 3.69. The Kier molecular flexibility index (Phi) is 6.41. The predicted octanol–water partition coefficient (Wildman–Crippen LogP) is 4.30. The van der Waals surface area contributed by atoms with E-state index in [9.17, 15) is 9.59 Å². The molecule has 9 heteroatoms. The van der Waals surface area contributed by atoms with Gasteiger partial charge in [0.15, 0.2) is 11.5 Å². The van der Waals surface area contributed by atoms with Gasteiger partial charge in [-0.15, -0.1) is 5.10 Å². The van der Waals surface area contributed by atoms with Gasteiger partial charge in [-0.05, 0) is 55.2 Å². The molecule has 1 aliphatic carbocycles. The van der Waals surface area contributed by atoms with Crippen LogP contribution in [0.1, 0.15) is 42.9 Å². The minimum Gasteiger partial charge on any atom is -0.454 e. The number of hydrogen-bond donors (Lipinski definition) is 1. The fourth-order valence-corrected chi connectivity index (χ4v) is 5.35. The van der Waals surface area contributed by atoms with Crippen LogP contribution in [0.3, 0.4) is 0 Å². The van der Waals surface area contributed by atoms with Gasteiger partial charge in [-0.3, -0.25) is 14.5 Å². The normalized spacial score (nSPS) is 15.5. The number of nitrogens with zero attached hydrogens (tertiary/aromatic N) is 4. The van der Waals surface area contributed by atoms with E-state index in [1.807, 2.05) is 55.5 Å². The van der Waals surface area contributed by atoms with Crippen molar-refractivity contribution in [2.75, 3.05) is 11.7 Å². The van der Waals surface area contributed by atoms with Gasteiger partial charge in [-0.25, -0.2) is 4.68 Å². The van der Waals surface area contributed by atoms with Crippen molar-refractivity contribution < 1.29 is 19.1 Å². The molecule has 0 bridgehead atoms. The molecule has 194 valence electrons. The highest BCUT2D eigenvalue weighted by molar-refractivity contribution is 6.02. The topological polar surface area (TPSA) is 98.6 Å². The molecule has 0 spiro atoms. The second kappa shape index (κ2) is 10.2. The summed E-state index contributed by atoms with van der Waals surface area (Å²) in [5.41, 5.74) is 3.67. The Hall–Kier alpha value is -4.40. The van der Waals surface area contributed by atoms with Gasteiger partial charge >= 0.3 is 0 Å². The van der Waals surface area contributed by atoms with Gasteiger partial charge in [-0.2, -0.15) is 0 Å². The number of para-hydroxylation sites is 1. The number of fused-ring (bicyclic) bond motifs is 2. The second-order valence-electron chi connectivity index (χ2n) is 9.79. The molecule has 0 radical (unpaired) electrons. The van der Waals surface area contributed by atoms with Gasteiger partial charge in [0, 0.05) is 17.8 Å². The highest BCUT2D eigenvalue weighted by Gasteiger charge is 2.36. The fourth-order valence-electron chi connectivity index (χ4n) is 5.35. The van der Waals surface area contributed by atoms with Crippen molar-refractivity contribution in [2.45, 2.75) is 51.2 Å². The molecule has 1 saturated carbocycles. The maximum atomic E-state index is 14.2. The van der Waals surface area contributed by atoms with Gasteiger partial charge in [0.2, 0.25) is 18.6 Å². The van der Waals surface area contributed by atoms with Crippen LogP contribution in [0.5, 0.6) is 11.5 Å². The molecule has 38 heavy (non-hydrogen) atoms. The molecule has 6 rings (SSSR count). The Balaban J connectivity index is 1.44. The smallest absolute Gasteiger partial charge is 0.249 e. The zero-order chi connectivity index (χ0) is 26.1. The number of amides is 2. The minimum absolute atomic E-state index is 0.0892. The summed E-state index contributed by atoms with van der Waals surface area (Å²) in [6.45, 7) is 1.98. The third-order valence-corrected chi connectivity index (χ3v) is 7.30. The van der Waals surface area contributed by atoms with Crippen LogP contribution in [0.25, 0.3) is 11.0 Å². The van der Waals surface area contributed by atoms with Crippen molar-refractivity contribution in [3.63, 3.8) is 0 Å². The van der Waals surface area contributed by atoms with Crippen LogP contribution >= 0.6 is 0 Å². The number of anilines is 1. The number of ether oxygens (including phenoxy) is 2. The van der Waals surface area contributed by atoms with E-state index in [0.717, 1.165) is 42.3 Å². The summed E-state index contributed by atoms with van der Waals surface area (Å²) in [7, 11) is 0. The number of benzene rings is 3. The first-order chi connectivity index (χ1) is 18.6. The van der Waals surface area contributed by atoms with Crippen LogP contribution in [0.2, 0.25) is 0 Å². The van der Waals surface area contributed by atoms with Crippen LogP contribution in [0, 0.1) is 6.92 Å². The van der Waals surface area contributed by atoms with E-state index in [4.69, 9.17) is 9.47 Å². The van der Waals surface area contributed by atoms with Crippen molar-refractivity contribution >= 4 is 28.5 Å². The molecule has 2 aliphatic rings. The van der Waals surface area contributed by atoms with E-state index < -0.39 is 6.04 Å². The molecular formula is C29H29N5O4. The van der Waals surface area contributed by atoms with E-state index in [1.54, 1.807) is 27.8 Å². The Morgan fingerprint density at radius 3 is 2.63 bits per heavy atom. The highest BCUT2D eigenvalue weighted by atomic mass is 16.7. The lowest BCUT2D eigenvalue weighted by molar-refractivity contribution is -0.127. The third-order valence-electron chi connectivity index (χ3n) is 7.30. The Labute approximate surface area is 220 Å². The number of hydrogen-bond acceptors (Lipinski definition) is 6. The van der Waals surface area contributed by atoms with Gasteiger partial charge in [0.25, 0.3) is 0 Å². The summed E-state index contributed by atoms with van der Waals surface area (Å²) in [4.78, 5) is 29.8. The molecule has 1 N–H and O–H groups in total. The van der Waals surface area contributed by atoms with Gasteiger partial charge < -0.3 is 14.8 Å². The largest absolute Gasteiger partial charge is 0.454 e. The molecule has 0 unspecified atom stereocenters. The molecule has 1 atom stereocenters. The zero-order valence-electron chi connectivity index (χ0n) is 21.2. The predicted molar refractivity (Wildman–Crippen MR) is 142 cm³/mol. The standard InChI is InChI=1S/C29H29N5O4/c1-19-8-2-5-11-22(19)28(29(36)30-20-9-3-4-10-20)34(21-14-15-25-26(16-21)38-18-37-25)27(35)17-33-24-13-7-6-12-23(24)31-32-33/h2,5-8,11-16,20,28H,3-4,9-10,17-18H2,1H3,(H,30,36)/t28-/m0/s1. The second-order valence-corrected chi connectivity index (χ2v) is 9.79. The molecule has 2 heterocycles. The maximum absolute atomic E-state index is 14.2. The van der Waals surface area contributed by atoms with Crippen LogP contribution in [0.15, 0.2) is 66.7 Å². The van der Waals surface area contributed by atoms with E-state index in [2.05, 4.69) is 15.6 Å². The summed E-state index contributed by atoms with van der Waals surface area (Å²) >= 11 is 0. The lowest BCUT2D eigenvalue weighted by atomic mass is 9.97. The van der Waals surface area contributed by atoms with Gasteiger partial charge in [0.1, 0.15) is 18.1 Å². The SMILES string of the molecule is Cc1ccccc1[C@@H](C(=O)NC1CCCC1)N(C(=O)Cn1nnc2ccccc21)c1ccc2c(c1)OCO2. The van der Waals surface area contributed by atoms with E-state index >= 15 is 0 Å². The molecule has 2 amide bonds. The molecule has 1 fully saturated rings. The molecule has 1 aliphatic heterocycles. The number of rotatable bonds is 7. The molecule has 4 aromatic rings. The summed E-state index contributed by atoms with van der Waals surface area (Å²) < 4.78 is 12.7. The first-order valence-electron chi connectivity index (χ1n) is 12.9. The number of carbonyl (C=O) groups is 2. The van der Waals surface area contributed by atoms with Crippen molar-refractivity contribution in [3.05, 3.63) is 77.9 Å². The Morgan fingerprint density at radius 1 is 1.03 bits per heavy atom. The zero-order valence-corrected chi connectivity index (χ0v) is 21.2. The average molecular weight is 512 g/mol. The molecule has 0 saturated heterocycles. The maximum Gasteiger partial charge on any atom is 0.249 e. The van der Waals surface area contributed by atoms with Gasteiger partial charge in [-0.1, -0.05) is 54.5 Å². The lowest BCUT2D eigenvalue weighted by Crippen LogP contribution is -2.47. The van der Waals surface area contributed by atoms with Crippen LogP contribution in [0.4, 0.5) is 5.69 Å². The van der Waals surface area contributed by atoms with Crippen molar-refractivity contribution in [3.8, 4) is 11.5 Å². The minimum atomic E-state index is -0.889. The number of aromatic nitrogens is 3. The Morgan fingerprint density at radius 2 is 1.79 bits per heavy atom. The van der Waals surface area contributed by atoms with Crippen molar-refractivity contribution in [2.24, 2.45) is 0 Å². The van der Waals surface area contributed by atoms with Crippen LogP contribution < -0.4 is 19.7 Å². The summed E-state index contributed by atoms with van der Waals surface area (Å²) in [5, 5.41) is 11.6. The molecular weight excluding hydrogens is 482 g/mol. The van der Waals surface area contributed by atoms with Crippen LogP contribution in [-0.2, 0) is 16.1 Å². The fraction of sp³-hybridized carbons (Fsp3) is 0.310. The quantitative estimate of drug-likeness (QED) is 0.397. The molecule has 1 aromatic heterocycles. The van der Waals surface area contributed by atoms with E-state index in [-0.39, 0.29) is 31.2 Å². The highest BCUT2D eigenvalue weighted by Crippen LogP contribution is 2.39. The summed E-state index contributed by atoms with van der Waals surface area (Å²) in [5.74, 6) is 0.632. The third kappa shape index (κ3) is 4.55. The first-order valence-corrected chi connectivity index (χ1v) is 12.9. The lowest BCUT2D eigenvalue weighted by Gasteiger charge is -2.33. The Bertz CT molecular complexity index is 1490. The number of nitrogens with one attached hydrogen (secondary N) is 1. The van der Waals surface area contributed by atoms with E-state index in [0.29, 0.717) is 22.7 Å².